The maximum absolute atomic E-state index is 12.1. The molecule has 19 heavy (non-hydrogen) atoms. The van der Waals surface area contributed by atoms with Crippen LogP contribution in [0.15, 0.2) is 17.1 Å². The Balaban J connectivity index is 2.09. The molecule has 0 radical (unpaired) electrons. The topological polar surface area (TPSA) is 71.2 Å². The third kappa shape index (κ3) is 2.42. The largest absolute Gasteiger partial charge is 0.381 e. The predicted octanol–water partition coefficient (Wildman–Crippen LogP) is 1.23. The number of carbonyl (C=O) groups is 1. The molecule has 0 saturated heterocycles. The highest BCUT2D eigenvalue weighted by Gasteiger charge is 2.49. The van der Waals surface area contributed by atoms with Crippen molar-refractivity contribution in [1.82, 2.24) is 10.3 Å². The van der Waals surface area contributed by atoms with Gasteiger partial charge in [-0.2, -0.15) is 0 Å². The van der Waals surface area contributed by atoms with E-state index in [1.165, 1.54) is 12.3 Å². The van der Waals surface area contributed by atoms with Crippen LogP contribution in [0.2, 0.25) is 0 Å². The van der Waals surface area contributed by atoms with Crippen molar-refractivity contribution >= 4 is 5.91 Å². The number of methoxy groups -OCH3 is 1. The Kier molecular flexibility index (Phi) is 3.49. The van der Waals surface area contributed by atoms with Gasteiger partial charge in [0.2, 0.25) is 0 Å². The van der Waals surface area contributed by atoms with Gasteiger partial charge in [-0.3, -0.25) is 9.59 Å². The monoisotopic (exact) mass is 264 g/mol. The third-order valence-corrected chi connectivity index (χ3v) is 4.07. The number of ether oxygens (including phenoxy) is 1. The fraction of sp³-hybridized carbons (Fsp3) is 0.571. The van der Waals surface area contributed by atoms with Crippen LogP contribution in [-0.4, -0.2) is 30.1 Å². The Bertz CT molecular complexity index is 548. The molecule has 1 aliphatic carbocycles. The number of aryl methyl sites for hydroxylation is 1. The van der Waals surface area contributed by atoms with E-state index in [0.717, 1.165) is 12.1 Å². The lowest BCUT2D eigenvalue weighted by atomic mass is 9.64. The molecule has 2 atom stereocenters. The van der Waals surface area contributed by atoms with Crippen LogP contribution < -0.4 is 10.7 Å². The number of hydrogen-bond donors (Lipinski definition) is 2. The van der Waals surface area contributed by atoms with Gasteiger partial charge in [-0.15, -0.1) is 0 Å². The van der Waals surface area contributed by atoms with E-state index in [1.807, 2.05) is 0 Å². The summed E-state index contributed by atoms with van der Waals surface area (Å²) in [7, 11) is 1.68. The standard InChI is InChI=1S/C14H20N2O3/c1-8-5-10(17)9(7-15-8)13(18)16-11-6-12(19-4)14(11,2)3/h5,7,11-12H,6H2,1-4H3,(H,15,17)(H,16,18). The van der Waals surface area contributed by atoms with Crippen LogP contribution in [0.5, 0.6) is 0 Å². The molecule has 1 amide bonds. The van der Waals surface area contributed by atoms with Crippen LogP contribution in [0.3, 0.4) is 0 Å². The number of nitrogens with one attached hydrogen (secondary N) is 2. The Morgan fingerprint density at radius 2 is 2.21 bits per heavy atom. The summed E-state index contributed by atoms with van der Waals surface area (Å²) in [5.41, 5.74) is 0.531. The summed E-state index contributed by atoms with van der Waals surface area (Å²) in [5.74, 6) is -0.325. The normalized spacial score (nSPS) is 24.6. The fourth-order valence-corrected chi connectivity index (χ4v) is 2.52. The zero-order valence-electron chi connectivity index (χ0n) is 11.7. The van der Waals surface area contributed by atoms with Crippen LogP contribution in [0.1, 0.15) is 36.3 Å². The molecule has 2 N–H and O–H groups in total. The van der Waals surface area contributed by atoms with Crippen LogP contribution >= 0.6 is 0 Å². The summed E-state index contributed by atoms with van der Waals surface area (Å²) in [5, 5.41) is 2.91. The van der Waals surface area contributed by atoms with Crippen LogP contribution in [0.4, 0.5) is 0 Å². The Morgan fingerprint density at radius 1 is 1.53 bits per heavy atom. The number of rotatable bonds is 3. The van der Waals surface area contributed by atoms with Crippen LogP contribution in [0, 0.1) is 12.3 Å². The Morgan fingerprint density at radius 3 is 2.74 bits per heavy atom. The second-order valence-corrected chi connectivity index (χ2v) is 5.70. The van der Waals surface area contributed by atoms with Gasteiger partial charge in [0.05, 0.1) is 6.10 Å². The highest BCUT2D eigenvalue weighted by molar-refractivity contribution is 5.94. The number of aromatic nitrogens is 1. The van der Waals surface area contributed by atoms with Crippen molar-refractivity contribution in [2.75, 3.05) is 7.11 Å². The molecule has 0 aromatic carbocycles. The number of carbonyl (C=O) groups excluding carboxylic acids is 1. The number of hydrogen-bond acceptors (Lipinski definition) is 3. The molecule has 1 fully saturated rings. The first-order chi connectivity index (χ1) is 8.86. The molecule has 1 aromatic rings. The average molecular weight is 264 g/mol. The molecule has 5 nitrogen and oxygen atoms in total. The van der Waals surface area contributed by atoms with Crippen molar-refractivity contribution in [3.8, 4) is 0 Å². The smallest absolute Gasteiger partial charge is 0.256 e. The van der Waals surface area contributed by atoms with Crippen molar-refractivity contribution in [1.29, 1.82) is 0 Å². The van der Waals surface area contributed by atoms with E-state index in [2.05, 4.69) is 24.1 Å². The zero-order chi connectivity index (χ0) is 14.2. The molecule has 1 aliphatic rings. The SMILES string of the molecule is COC1CC(NC(=O)c2c[nH]c(C)cc2=O)C1(C)C. The number of pyridine rings is 1. The Hall–Kier alpha value is -1.62. The highest BCUT2D eigenvalue weighted by Crippen LogP contribution is 2.42. The van der Waals surface area contributed by atoms with E-state index in [0.29, 0.717) is 0 Å². The summed E-state index contributed by atoms with van der Waals surface area (Å²) in [6, 6.07) is 1.46. The summed E-state index contributed by atoms with van der Waals surface area (Å²) in [6.07, 6.45) is 2.39. The lowest BCUT2D eigenvalue weighted by Gasteiger charge is -2.51. The number of amides is 1. The van der Waals surface area contributed by atoms with E-state index in [1.54, 1.807) is 14.0 Å². The maximum atomic E-state index is 12.1. The van der Waals surface area contributed by atoms with Gasteiger partial charge >= 0.3 is 0 Å². The fourth-order valence-electron chi connectivity index (χ4n) is 2.52. The van der Waals surface area contributed by atoms with Crippen molar-refractivity contribution in [3.05, 3.63) is 33.7 Å². The van der Waals surface area contributed by atoms with Crippen molar-refractivity contribution in [3.63, 3.8) is 0 Å². The van der Waals surface area contributed by atoms with Crippen molar-refractivity contribution in [2.24, 2.45) is 5.41 Å². The second-order valence-electron chi connectivity index (χ2n) is 5.70. The van der Waals surface area contributed by atoms with E-state index in [9.17, 15) is 9.59 Å². The van der Waals surface area contributed by atoms with E-state index in [4.69, 9.17) is 4.74 Å². The second kappa shape index (κ2) is 4.81. The third-order valence-electron chi connectivity index (χ3n) is 4.07. The van der Waals surface area contributed by atoms with E-state index < -0.39 is 0 Å². The zero-order valence-corrected chi connectivity index (χ0v) is 11.7. The average Bonchev–Trinajstić information content (AvgIpc) is 2.33. The summed E-state index contributed by atoms with van der Waals surface area (Å²) < 4.78 is 5.34. The van der Waals surface area contributed by atoms with Gasteiger partial charge in [0.25, 0.3) is 5.91 Å². The molecule has 104 valence electrons. The number of aromatic amines is 1. The van der Waals surface area contributed by atoms with Gasteiger partial charge < -0.3 is 15.0 Å². The van der Waals surface area contributed by atoms with E-state index in [-0.39, 0.29) is 34.5 Å². The van der Waals surface area contributed by atoms with Gasteiger partial charge in [0, 0.05) is 36.5 Å². The highest BCUT2D eigenvalue weighted by atomic mass is 16.5. The Labute approximate surface area is 112 Å². The molecule has 1 heterocycles. The maximum Gasteiger partial charge on any atom is 0.256 e. The molecule has 0 bridgehead atoms. The van der Waals surface area contributed by atoms with Gasteiger partial charge in [0.1, 0.15) is 5.56 Å². The quantitative estimate of drug-likeness (QED) is 0.862. The van der Waals surface area contributed by atoms with Gasteiger partial charge in [0.15, 0.2) is 5.43 Å². The first-order valence-electron chi connectivity index (χ1n) is 6.39. The summed E-state index contributed by atoms with van der Waals surface area (Å²) in [4.78, 5) is 26.7. The molecule has 1 saturated carbocycles. The predicted molar refractivity (Wildman–Crippen MR) is 72.2 cm³/mol. The molecule has 2 unspecified atom stereocenters. The van der Waals surface area contributed by atoms with Crippen LogP contribution in [0.25, 0.3) is 0 Å². The minimum Gasteiger partial charge on any atom is -0.381 e. The summed E-state index contributed by atoms with van der Waals surface area (Å²) in [6.45, 7) is 5.88. The number of H-pyrrole nitrogens is 1. The van der Waals surface area contributed by atoms with E-state index >= 15 is 0 Å². The lowest BCUT2D eigenvalue weighted by Crippen LogP contribution is -2.62. The molecule has 0 spiro atoms. The van der Waals surface area contributed by atoms with Gasteiger partial charge in [-0.25, -0.2) is 0 Å². The minimum atomic E-state index is -0.325. The van der Waals surface area contributed by atoms with Gasteiger partial charge in [-0.1, -0.05) is 13.8 Å². The van der Waals surface area contributed by atoms with Gasteiger partial charge in [-0.05, 0) is 13.3 Å². The first kappa shape index (κ1) is 13.8. The molecule has 0 aliphatic heterocycles. The minimum absolute atomic E-state index is 0.0330. The van der Waals surface area contributed by atoms with Crippen LogP contribution in [-0.2, 0) is 4.74 Å². The van der Waals surface area contributed by atoms with Crippen molar-refractivity contribution < 1.29 is 9.53 Å². The van der Waals surface area contributed by atoms with Crippen molar-refractivity contribution in [2.45, 2.75) is 39.3 Å². The molecule has 5 heteroatoms. The first-order valence-corrected chi connectivity index (χ1v) is 6.39. The molecular weight excluding hydrogens is 244 g/mol. The summed E-state index contributed by atoms with van der Waals surface area (Å²) >= 11 is 0. The molecule has 2 rings (SSSR count). The lowest BCUT2D eigenvalue weighted by molar-refractivity contribution is -0.0942. The molecule has 1 aromatic heterocycles. The molecular formula is C14H20N2O3.